The highest BCUT2D eigenvalue weighted by Gasteiger charge is 2.05. The summed E-state index contributed by atoms with van der Waals surface area (Å²) in [4.78, 5) is 26.4. The number of primary amides is 1. The van der Waals surface area contributed by atoms with Crippen LogP contribution in [0.1, 0.15) is 15.9 Å². The maximum atomic E-state index is 11.7. The van der Waals surface area contributed by atoms with Crippen LogP contribution in [0.15, 0.2) is 41.5 Å². The maximum absolute atomic E-state index is 11.7. The van der Waals surface area contributed by atoms with Crippen LogP contribution >= 0.6 is 11.6 Å². The summed E-state index contributed by atoms with van der Waals surface area (Å²) in [6, 6.07) is 6.77. The van der Waals surface area contributed by atoms with E-state index in [1.165, 1.54) is 17.0 Å². The van der Waals surface area contributed by atoms with Crippen LogP contribution < -0.4 is 11.3 Å². The van der Waals surface area contributed by atoms with Crippen molar-refractivity contribution in [2.24, 2.45) is 5.73 Å². The van der Waals surface area contributed by atoms with E-state index >= 15 is 0 Å². The number of rotatable bonds is 3. The van der Waals surface area contributed by atoms with Crippen LogP contribution in [0.3, 0.4) is 0 Å². The van der Waals surface area contributed by atoms with Crippen molar-refractivity contribution in [3.05, 3.63) is 63.3 Å². The lowest BCUT2D eigenvalue weighted by molar-refractivity contribution is 0.1000. The molecule has 2 aromatic rings. The molecule has 0 bridgehead atoms. The minimum atomic E-state index is -0.503. The largest absolute Gasteiger partial charge is 0.366 e. The molecule has 1 aromatic heterocycles. The fourth-order valence-corrected chi connectivity index (χ4v) is 1.73. The van der Waals surface area contributed by atoms with E-state index in [-0.39, 0.29) is 10.7 Å². The van der Waals surface area contributed by atoms with E-state index in [2.05, 4.69) is 4.98 Å². The first-order chi connectivity index (χ1) is 8.58. The van der Waals surface area contributed by atoms with Crippen molar-refractivity contribution in [1.29, 1.82) is 0 Å². The van der Waals surface area contributed by atoms with Gasteiger partial charge in [0, 0.05) is 18.0 Å². The normalized spacial score (nSPS) is 10.3. The SMILES string of the molecule is NC(=O)c1cccc(Cn2ccnc(Cl)c2=O)c1. The van der Waals surface area contributed by atoms with Gasteiger partial charge in [0.2, 0.25) is 5.91 Å². The topological polar surface area (TPSA) is 78.0 Å². The monoisotopic (exact) mass is 263 g/mol. The number of aromatic nitrogens is 2. The molecule has 18 heavy (non-hydrogen) atoms. The van der Waals surface area contributed by atoms with Gasteiger partial charge in [-0.05, 0) is 17.7 Å². The van der Waals surface area contributed by atoms with Gasteiger partial charge in [0.25, 0.3) is 5.56 Å². The number of carbonyl (C=O) groups excluding carboxylic acids is 1. The number of amides is 1. The van der Waals surface area contributed by atoms with Crippen LogP contribution in [0, 0.1) is 0 Å². The fraction of sp³-hybridized carbons (Fsp3) is 0.0833. The molecule has 2 rings (SSSR count). The smallest absolute Gasteiger partial charge is 0.288 e. The lowest BCUT2D eigenvalue weighted by Gasteiger charge is -2.06. The van der Waals surface area contributed by atoms with E-state index in [1.807, 2.05) is 0 Å². The minimum Gasteiger partial charge on any atom is -0.366 e. The van der Waals surface area contributed by atoms with E-state index in [1.54, 1.807) is 24.3 Å². The summed E-state index contributed by atoms with van der Waals surface area (Å²) in [6.45, 7) is 0.308. The zero-order chi connectivity index (χ0) is 13.1. The van der Waals surface area contributed by atoms with E-state index in [0.717, 1.165) is 5.56 Å². The molecule has 0 spiro atoms. The fourth-order valence-electron chi connectivity index (χ4n) is 1.56. The number of halogens is 1. The molecule has 1 heterocycles. The average Bonchev–Trinajstić information content (AvgIpc) is 2.35. The van der Waals surface area contributed by atoms with Crippen molar-refractivity contribution in [3.63, 3.8) is 0 Å². The van der Waals surface area contributed by atoms with Crippen molar-refractivity contribution in [2.75, 3.05) is 0 Å². The molecule has 0 saturated heterocycles. The summed E-state index contributed by atoms with van der Waals surface area (Å²) >= 11 is 5.64. The Morgan fingerprint density at radius 1 is 1.44 bits per heavy atom. The van der Waals surface area contributed by atoms with Gasteiger partial charge in [0.05, 0.1) is 6.54 Å². The van der Waals surface area contributed by atoms with Gasteiger partial charge in [0.15, 0.2) is 5.15 Å². The number of benzene rings is 1. The van der Waals surface area contributed by atoms with Crippen molar-refractivity contribution >= 4 is 17.5 Å². The van der Waals surface area contributed by atoms with Gasteiger partial charge in [-0.25, -0.2) is 4.98 Å². The van der Waals surface area contributed by atoms with Crippen LogP contribution in [-0.4, -0.2) is 15.5 Å². The second-order valence-corrected chi connectivity index (χ2v) is 4.07. The lowest BCUT2D eigenvalue weighted by Crippen LogP contribution is -2.21. The van der Waals surface area contributed by atoms with Crippen LogP contribution in [0.2, 0.25) is 5.15 Å². The molecule has 0 radical (unpaired) electrons. The van der Waals surface area contributed by atoms with Gasteiger partial charge < -0.3 is 10.3 Å². The van der Waals surface area contributed by atoms with E-state index < -0.39 is 5.91 Å². The molecule has 1 amide bonds. The number of hydrogen-bond donors (Lipinski definition) is 1. The first-order valence-electron chi connectivity index (χ1n) is 5.17. The zero-order valence-electron chi connectivity index (χ0n) is 9.34. The summed E-state index contributed by atoms with van der Waals surface area (Å²) in [6.07, 6.45) is 2.98. The van der Waals surface area contributed by atoms with Crippen molar-refractivity contribution in [2.45, 2.75) is 6.54 Å². The number of nitrogens with zero attached hydrogens (tertiary/aromatic N) is 2. The molecular weight excluding hydrogens is 254 g/mol. The molecule has 0 unspecified atom stereocenters. The van der Waals surface area contributed by atoms with Crippen molar-refractivity contribution in [3.8, 4) is 0 Å². The Morgan fingerprint density at radius 3 is 2.94 bits per heavy atom. The molecule has 1 aromatic carbocycles. The van der Waals surface area contributed by atoms with Gasteiger partial charge in [-0.2, -0.15) is 0 Å². The molecule has 92 valence electrons. The van der Waals surface area contributed by atoms with Crippen molar-refractivity contribution < 1.29 is 4.79 Å². The van der Waals surface area contributed by atoms with Crippen LogP contribution in [0.4, 0.5) is 0 Å². The molecule has 5 nitrogen and oxygen atoms in total. The van der Waals surface area contributed by atoms with Crippen LogP contribution in [0.25, 0.3) is 0 Å². The summed E-state index contributed by atoms with van der Waals surface area (Å²) in [5.74, 6) is -0.503. The Kier molecular flexibility index (Phi) is 3.43. The summed E-state index contributed by atoms with van der Waals surface area (Å²) < 4.78 is 1.41. The van der Waals surface area contributed by atoms with E-state index in [4.69, 9.17) is 17.3 Å². The zero-order valence-corrected chi connectivity index (χ0v) is 10.1. The number of hydrogen-bond acceptors (Lipinski definition) is 3. The first kappa shape index (κ1) is 12.3. The molecule has 0 atom stereocenters. The standard InChI is InChI=1S/C12H10ClN3O2/c13-10-12(18)16(5-4-15-10)7-8-2-1-3-9(6-8)11(14)17/h1-6H,7H2,(H2,14,17). The maximum Gasteiger partial charge on any atom is 0.288 e. The number of carbonyl (C=O) groups is 1. The second-order valence-electron chi connectivity index (χ2n) is 3.72. The highest BCUT2D eigenvalue weighted by atomic mass is 35.5. The van der Waals surface area contributed by atoms with Crippen LogP contribution in [0.5, 0.6) is 0 Å². The summed E-state index contributed by atoms with van der Waals surface area (Å²) in [7, 11) is 0. The highest BCUT2D eigenvalue weighted by Crippen LogP contribution is 2.06. The molecular formula is C12H10ClN3O2. The third kappa shape index (κ3) is 2.57. The summed E-state index contributed by atoms with van der Waals surface area (Å²) in [5.41, 5.74) is 6.01. The summed E-state index contributed by atoms with van der Waals surface area (Å²) in [5, 5.41) is -0.0800. The Balaban J connectivity index is 2.34. The van der Waals surface area contributed by atoms with Gasteiger partial charge >= 0.3 is 0 Å². The van der Waals surface area contributed by atoms with Gasteiger partial charge in [-0.15, -0.1) is 0 Å². The average molecular weight is 264 g/mol. The number of nitrogens with two attached hydrogens (primary N) is 1. The van der Waals surface area contributed by atoms with Gasteiger partial charge in [0.1, 0.15) is 0 Å². The molecule has 0 aliphatic rings. The second kappa shape index (κ2) is 5.01. The Morgan fingerprint density at radius 2 is 2.22 bits per heavy atom. The van der Waals surface area contributed by atoms with Crippen molar-refractivity contribution in [1.82, 2.24) is 9.55 Å². The molecule has 0 aliphatic heterocycles. The minimum absolute atomic E-state index is 0.0800. The molecule has 0 saturated carbocycles. The molecule has 0 fully saturated rings. The van der Waals surface area contributed by atoms with Crippen LogP contribution in [-0.2, 0) is 6.54 Å². The quantitative estimate of drug-likeness (QED) is 0.899. The van der Waals surface area contributed by atoms with E-state index in [0.29, 0.717) is 12.1 Å². The third-order valence-electron chi connectivity index (χ3n) is 2.44. The Bertz CT molecular complexity index is 652. The first-order valence-corrected chi connectivity index (χ1v) is 5.55. The molecule has 6 heteroatoms. The van der Waals surface area contributed by atoms with Gasteiger partial charge in [-0.1, -0.05) is 23.7 Å². The predicted octanol–water partition coefficient (Wildman–Crippen LogP) is 1.04. The Labute approximate surface area is 108 Å². The predicted molar refractivity (Wildman–Crippen MR) is 67.6 cm³/mol. The van der Waals surface area contributed by atoms with E-state index in [9.17, 15) is 9.59 Å². The highest BCUT2D eigenvalue weighted by molar-refractivity contribution is 6.29. The molecule has 0 aliphatic carbocycles. The Hall–Kier alpha value is -2.14. The third-order valence-corrected chi connectivity index (χ3v) is 2.70. The molecule has 2 N–H and O–H groups in total. The lowest BCUT2D eigenvalue weighted by atomic mass is 10.1. The van der Waals surface area contributed by atoms with Gasteiger partial charge in [-0.3, -0.25) is 9.59 Å².